The van der Waals surface area contributed by atoms with Crippen molar-refractivity contribution in [2.75, 3.05) is 0 Å². The second kappa shape index (κ2) is 13.5. The molecule has 0 fully saturated rings. The van der Waals surface area contributed by atoms with Crippen LogP contribution < -0.4 is 11.5 Å². The molecule has 1 aromatic heterocycles. The summed E-state index contributed by atoms with van der Waals surface area (Å²) in [5, 5.41) is 10.7. The molecule has 4 aromatic carbocycles. The van der Waals surface area contributed by atoms with Gasteiger partial charge in [-0.25, -0.2) is 9.78 Å². The fourth-order valence-electron chi connectivity index (χ4n) is 5.79. The molecule has 42 heavy (non-hydrogen) atoms. The number of H-pyrrole nitrogens is 1. The summed E-state index contributed by atoms with van der Waals surface area (Å²) in [6, 6.07) is 32.3. The zero-order valence-corrected chi connectivity index (χ0v) is 24.0. The lowest BCUT2D eigenvalue weighted by Gasteiger charge is -2.36. The molecule has 0 spiro atoms. The molecule has 216 valence electrons. The zero-order valence-electron chi connectivity index (χ0n) is 24.0. The fraction of sp³-hybridized carbons (Fsp3) is 0.257. The van der Waals surface area contributed by atoms with Crippen LogP contribution in [-0.4, -0.2) is 26.1 Å². The lowest BCUT2D eigenvalue weighted by molar-refractivity contribution is 0.0961. The van der Waals surface area contributed by atoms with Crippen molar-refractivity contribution >= 4 is 17.1 Å². The van der Waals surface area contributed by atoms with Gasteiger partial charge in [0.25, 0.3) is 0 Å². The van der Waals surface area contributed by atoms with Gasteiger partial charge in [0, 0.05) is 19.6 Å². The minimum absolute atomic E-state index is 0.00229. The number of aromatic nitrogens is 2. The molecular weight excluding hydrogens is 522 g/mol. The van der Waals surface area contributed by atoms with Gasteiger partial charge in [0.1, 0.15) is 5.82 Å². The number of nitrogens with one attached hydrogen (secondary N) is 1. The molecule has 6 N–H and O–H groups in total. The van der Waals surface area contributed by atoms with Crippen LogP contribution in [0.5, 0.6) is 0 Å². The molecule has 2 atom stereocenters. The van der Waals surface area contributed by atoms with Gasteiger partial charge in [-0.3, -0.25) is 4.90 Å². The molecule has 0 saturated heterocycles. The van der Waals surface area contributed by atoms with Gasteiger partial charge in [-0.05, 0) is 77.6 Å². The van der Waals surface area contributed by atoms with Gasteiger partial charge in [0.15, 0.2) is 0 Å². The highest BCUT2D eigenvalue weighted by atomic mass is 16.4. The SMILES string of the molecule is Cc1nc2ccc(C(C(CCc3ccc(CN)cc3)Cc3ccccc3)N(Cc3ccc(CN)cc3)C(=O)O)cc2[nH]1. The average Bonchev–Trinajstić information content (AvgIpc) is 3.39. The van der Waals surface area contributed by atoms with Crippen molar-refractivity contribution in [1.29, 1.82) is 0 Å². The molecule has 0 bridgehead atoms. The van der Waals surface area contributed by atoms with Crippen molar-refractivity contribution in [3.63, 3.8) is 0 Å². The van der Waals surface area contributed by atoms with E-state index in [1.807, 2.05) is 61.5 Å². The van der Waals surface area contributed by atoms with Crippen LogP contribution in [0.25, 0.3) is 11.0 Å². The summed E-state index contributed by atoms with van der Waals surface area (Å²) < 4.78 is 0. The van der Waals surface area contributed by atoms with Crippen LogP contribution in [0.2, 0.25) is 0 Å². The van der Waals surface area contributed by atoms with Crippen molar-refractivity contribution in [2.45, 2.75) is 51.9 Å². The van der Waals surface area contributed by atoms with Crippen molar-refractivity contribution < 1.29 is 9.90 Å². The number of fused-ring (bicyclic) bond motifs is 1. The van der Waals surface area contributed by atoms with Gasteiger partial charge in [-0.2, -0.15) is 0 Å². The van der Waals surface area contributed by atoms with Gasteiger partial charge in [0.2, 0.25) is 0 Å². The number of amides is 1. The zero-order chi connectivity index (χ0) is 29.5. The molecule has 0 saturated carbocycles. The highest BCUT2D eigenvalue weighted by Gasteiger charge is 2.33. The lowest BCUT2D eigenvalue weighted by atomic mass is 9.82. The van der Waals surface area contributed by atoms with E-state index in [4.69, 9.17) is 11.5 Å². The minimum atomic E-state index is -0.950. The third-order valence-electron chi connectivity index (χ3n) is 8.01. The Kier molecular flexibility index (Phi) is 9.31. The molecule has 5 rings (SSSR count). The summed E-state index contributed by atoms with van der Waals surface area (Å²) in [5.74, 6) is 0.831. The Labute approximate surface area is 247 Å². The summed E-state index contributed by atoms with van der Waals surface area (Å²) in [7, 11) is 0. The normalized spacial score (nSPS) is 12.7. The topological polar surface area (TPSA) is 121 Å². The maximum absolute atomic E-state index is 13.1. The number of carboxylic acid groups (broad SMARTS) is 1. The largest absolute Gasteiger partial charge is 0.465 e. The second-order valence-corrected chi connectivity index (χ2v) is 11.0. The number of imidazole rings is 1. The number of hydrogen-bond donors (Lipinski definition) is 4. The smallest absolute Gasteiger partial charge is 0.408 e. The van der Waals surface area contributed by atoms with E-state index in [0.717, 1.165) is 58.4 Å². The first-order chi connectivity index (χ1) is 20.4. The Hall–Kier alpha value is -4.46. The summed E-state index contributed by atoms with van der Waals surface area (Å²) in [5.41, 5.74) is 19.8. The van der Waals surface area contributed by atoms with Crippen LogP contribution in [0.1, 0.15) is 51.7 Å². The fourth-order valence-corrected chi connectivity index (χ4v) is 5.79. The molecule has 1 amide bonds. The van der Waals surface area contributed by atoms with Gasteiger partial charge in [0.05, 0.1) is 17.1 Å². The third kappa shape index (κ3) is 7.05. The lowest BCUT2D eigenvalue weighted by Crippen LogP contribution is -2.38. The van der Waals surface area contributed by atoms with E-state index in [-0.39, 0.29) is 12.5 Å². The molecule has 7 nitrogen and oxygen atoms in total. The molecule has 7 heteroatoms. The van der Waals surface area contributed by atoms with Gasteiger partial charge in [-0.1, -0.05) is 84.9 Å². The first kappa shape index (κ1) is 29.0. The van der Waals surface area contributed by atoms with Crippen LogP contribution in [0.3, 0.4) is 0 Å². The third-order valence-corrected chi connectivity index (χ3v) is 8.01. The van der Waals surface area contributed by atoms with Crippen LogP contribution in [0.4, 0.5) is 4.79 Å². The molecule has 0 aliphatic carbocycles. The Bertz CT molecular complexity index is 1600. The molecule has 5 aromatic rings. The van der Waals surface area contributed by atoms with E-state index >= 15 is 0 Å². The Morgan fingerprint density at radius 1 is 0.833 bits per heavy atom. The predicted molar refractivity (Wildman–Crippen MR) is 168 cm³/mol. The van der Waals surface area contributed by atoms with Crippen LogP contribution in [-0.2, 0) is 32.5 Å². The van der Waals surface area contributed by atoms with E-state index < -0.39 is 12.1 Å². The number of aryl methyl sites for hydroxylation is 2. The minimum Gasteiger partial charge on any atom is -0.465 e. The first-order valence-electron chi connectivity index (χ1n) is 14.5. The second-order valence-electron chi connectivity index (χ2n) is 11.0. The van der Waals surface area contributed by atoms with E-state index in [1.54, 1.807) is 4.90 Å². The van der Waals surface area contributed by atoms with E-state index in [1.165, 1.54) is 11.1 Å². The monoisotopic (exact) mass is 561 g/mol. The van der Waals surface area contributed by atoms with E-state index in [0.29, 0.717) is 13.1 Å². The van der Waals surface area contributed by atoms with Crippen molar-refractivity contribution in [1.82, 2.24) is 14.9 Å². The van der Waals surface area contributed by atoms with Gasteiger partial charge in [-0.15, -0.1) is 0 Å². The molecule has 0 radical (unpaired) electrons. The Morgan fingerprint density at radius 2 is 1.45 bits per heavy atom. The number of nitrogens with two attached hydrogens (primary N) is 2. The van der Waals surface area contributed by atoms with Crippen LogP contribution >= 0.6 is 0 Å². The number of hydrogen-bond acceptors (Lipinski definition) is 4. The predicted octanol–water partition coefficient (Wildman–Crippen LogP) is 6.50. The number of rotatable bonds is 12. The van der Waals surface area contributed by atoms with E-state index in [2.05, 4.69) is 52.4 Å². The highest BCUT2D eigenvalue weighted by Crippen LogP contribution is 2.37. The summed E-state index contributed by atoms with van der Waals surface area (Å²) in [6.07, 6.45) is 1.41. The standard InChI is InChI=1S/C35H39N5O2/c1-24-38-32-18-17-31(20-33(32)39-24)34(40(35(41)42)23-29-13-11-28(22-37)12-14-29)30(19-26-5-3-2-4-6-26)16-15-25-7-9-27(21-36)10-8-25/h2-14,17-18,20,30,34H,15-16,19,21-23,36-37H2,1H3,(H,38,39)(H,41,42). The Morgan fingerprint density at radius 3 is 2.07 bits per heavy atom. The van der Waals surface area contributed by atoms with E-state index in [9.17, 15) is 9.90 Å². The highest BCUT2D eigenvalue weighted by molar-refractivity contribution is 5.76. The van der Waals surface area contributed by atoms with Crippen LogP contribution in [0.15, 0.2) is 97.1 Å². The van der Waals surface area contributed by atoms with Crippen molar-refractivity contribution in [3.8, 4) is 0 Å². The van der Waals surface area contributed by atoms with Crippen molar-refractivity contribution in [2.24, 2.45) is 17.4 Å². The van der Waals surface area contributed by atoms with Gasteiger partial charge >= 0.3 is 6.09 Å². The number of benzene rings is 4. The summed E-state index contributed by atoms with van der Waals surface area (Å²) in [4.78, 5) is 22.6. The number of aromatic amines is 1. The quantitative estimate of drug-likeness (QED) is 0.139. The van der Waals surface area contributed by atoms with Gasteiger partial charge < -0.3 is 21.6 Å². The number of carbonyl (C=O) groups is 1. The average molecular weight is 562 g/mol. The summed E-state index contributed by atoms with van der Waals surface area (Å²) >= 11 is 0. The maximum Gasteiger partial charge on any atom is 0.408 e. The molecule has 2 unspecified atom stereocenters. The molecule has 0 aliphatic rings. The molecule has 0 aliphatic heterocycles. The van der Waals surface area contributed by atoms with Crippen LogP contribution in [0, 0.1) is 12.8 Å². The maximum atomic E-state index is 13.1. The first-order valence-corrected chi connectivity index (χ1v) is 14.5. The molecule has 1 heterocycles. The Balaban J connectivity index is 1.57. The summed E-state index contributed by atoms with van der Waals surface area (Å²) in [6.45, 7) is 3.15. The van der Waals surface area contributed by atoms with Crippen molar-refractivity contribution in [3.05, 3.63) is 136 Å². The number of nitrogens with zero attached hydrogens (tertiary/aromatic N) is 2. The molecular formula is C35H39N5O2.